The van der Waals surface area contributed by atoms with Crippen molar-refractivity contribution in [2.75, 3.05) is 0 Å². The van der Waals surface area contributed by atoms with Gasteiger partial charge in [0.1, 0.15) is 5.82 Å². The molecular weight excluding hydrogens is 271 g/mol. The van der Waals surface area contributed by atoms with E-state index in [0.29, 0.717) is 0 Å². The van der Waals surface area contributed by atoms with Crippen LogP contribution < -0.4 is 4.78 Å². The van der Waals surface area contributed by atoms with Crippen LogP contribution in [0.5, 0.6) is 0 Å². The van der Waals surface area contributed by atoms with Gasteiger partial charge in [-0.3, -0.25) is 0 Å². The first-order valence-corrected chi connectivity index (χ1v) is 7.62. The van der Waals surface area contributed by atoms with E-state index in [9.17, 15) is 0 Å². The van der Waals surface area contributed by atoms with E-state index >= 15 is 0 Å². The van der Waals surface area contributed by atoms with Crippen molar-refractivity contribution < 1.29 is 9.31 Å². The zero-order valence-electron chi connectivity index (χ0n) is 12.5. The molecule has 1 saturated heterocycles. The van der Waals surface area contributed by atoms with Crippen LogP contribution in [0.1, 0.15) is 33.5 Å². The lowest BCUT2D eigenvalue weighted by atomic mass is 9.88. The fourth-order valence-electron chi connectivity index (χ4n) is 2.20. The maximum atomic E-state index is 6.07. The Balaban J connectivity index is 1.88. The maximum Gasteiger partial charge on any atom is 0.505 e. The third-order valence-corrected chi connectivity index (χ3v) is 5.14. The van der Waals surface area contributed by atoms with E-state index in [4.69, 9.17) is 9.31 Å². The van der Waals surface area contributed by atoms with Crippen molar-refractivity contribution in [3.8, 4) is 5.69 Å². The second-order valence-corrected chi connectivity index (χ2v) is 7.08. The highest BCUT2D eigenvalue weighted by atomic mass is 32.1. The Morgan fingerprint density at radius 2 is 1.85 bits per heavy atom. The van der Waals surface area contributed by atoms with Crippen molar-refractivity contribution in [3.63, 3.8) is 0 Å². The highest BCUT2D eigenvalue weighted by molar-refractivity contribution is 7.21. The number of nitrogens with zero attached hydrogens (tertiary/aromatic N) is 2. The van der Waals surface area contributed by atoms with Gasteiger partial charge in [-0.15, -0.1) is 0 Å². The molecule has 0 N–H and O–H groups in total. The summed E-state index contributed by atoms with van der Waals surface area (Å²) in [4.78, 5) is 4.25. The zero-order chi connectivity index (χ0) is 14.5. The van der Waals surface area contributed by atoms with Crippen LogP contribution >= 0.6 is 11.3 Å². The van der Waals surface area contributed by atoms with Gasteiger partial charge < -0.3 is 13.9 Å². The molecule has 2 aromatic rings. The van der Waals surface area contributed by atoms with Crippen LogP contribution in [0.15, 0.2) is 23.8 Å². The Morgan fingerprint density at radius 3 is 2.40 bits per heavy atom. The van der Waals surface area contributed by atoms with Crippen molar-refractivity contribution in [1.82, 2.24) is 9.55 Å². The lowest BCUT2D eigenvalue weighted by molar-refractivity contribution is 0.00578. The fraction of sp³-hybridized carbons (Fsp3) is 0.500. The van der Waals surface area contributed by atoms with Gasteiger partial charge in [0, 0.05) is 22.6 Å². The fourth-order valence-corrected chi connectivity index (χ4v) is 3.04. The average Bonchev–Trinajstić information content (AvgIpc) is 2.98. The van der Waals surface area contributed by atoms with Crippen LogP contribution in [0.25, 0.3) is 5.69 Å². The molecule has 3 rings (SSSR count). The van der Waals surface area contributed by atoms with Crippen LogP contribution in [0.2, 0.25) is 0 Å². The Bertz CT molecular complexity index is 617. The molecule has 4 nitrogen and oxygen atoms in total. The number of aryl methyl sites for hydroxylation is 1. The van der Waals surface area contributed by atoms with Gasteiger partial charge in [-0.05, 0) is 40.7 Å². The molecule has 0 atom stereocenters. The Hall–Kier alpha value is -1.11. The highest BCUT2D eigenvalue weighted by Crippen LogP contribution is 2.37. The minimum atomic E-state index is -0.299. The molecular formula is C14H19BN2O2S. The molecule has 2 aromatic heterocycles. The van der Waals surface area contributed by atoms with Crippen LogP contribution in [0.3, 0.4) is 0 Å². The summed E-state index contributed by atoms with van der Waals surface area (Å²) in [5.74, 6) is 0.975. The number of imidazole rings is 1. The van der Waals surface area contributed by atoms with E-state index in [1.54, 1.807) is 11.3 Å². The van der Waals surface area contributed by atoms with E-state index in [1.807, 2.05) is 19.3 Å². The third-order valence-electron chi connectivity index (χ3n) is 4.20. The summed E-state index contributed by atoms with van der Waals surface area (Å²) in [7, 11) is -0.289. The summed E-state index contributed by atoms with van der Waals surface area (Å²) in [6, 6.07) is 2.11. The van der Waals surface area contributed by atoms with Crippen molar-refractivity contribution in [2.24, 2.45) is 0 Å². The number of hydrogen-bond donors (Lipinski definition) is 0. The number of aromatic nitrogens is 2. The Morgan fingerprint density at radius 1 is 1.20 bits per heavy atom. The predicted molar refractivity (Wildman–Crippen MR) is 81.9 cm³/mol. The van der Waals surface area contributed by atoms with E-state index < -0.39 is 0 Å². The van der Waals surface area contributed by atoms with Crippen LogP contribution in [-0.4, -0.2) is 27.9 Å². The van der Waals surface area contributed by atoms with Crippen LogP contribution in [0, 0.1) is 6.92 Å². The Kier molecular flexibility index (Phi) is 3.08. The van der Waals surface area contributed by atoms with Gasteiger partial charge in [-0.2, -0.15) is 11.3 Å². The minimum Gasteiger partial charge on any atom is -0.399 e. The molecule has 1 fully saturated rings. The summed E-state index contributed by atoms with van der Waals surface area (Å²) < 4.78 is 15.3. The Labute approximate surface area is 123 Å². The molecule has 0 aliphatic carbocycles. The first-order valence-electron chi connectivity index (χ1n) is 6.74. The monoisotopic (exact) mass is 290 g/mol. The molecule has 0 saturated carbocycles. The van der Waals surface area contributed by atoms with E-state index in [2.05, 4.69) is 48.7 Å². The summed E-state index contributed by atoms with van der Waals surface area (Å²) in [5, 5.41) is 2.11. The number of rotatable bonds is 2. The van der Waals surface area contributed by atoms with Crippen LogP contribution in [0.4, 0.5) is 0 Å². The molecule has 1 aliphatic rings. The molecule has 0 bridgehead atoms. The SMILES string of the molecule is Cc1nccn1-c1csc(B2OC(C)(C)C(C)(C)O2)c1. The third kappa shape index (κ3) is 2.12. The number of hydrogen-bond acceptors (Lipinski definition) is 4. The maximum absolute atomic E-state index is 6.07. The lowest BCUT2D eigenvalue weighted by Gasteiger charge is -2.32. The van der Waals surface area contributed by atoms with Gasteiger partial charge in [-0.1, -0.05) is 0 Å². The van der Waals surface area contributed by atoms with E-state index in [0.717, 1.165) is 16.3 Å². The summed E-state index contributed by atoms with van der Waals surface area (Å²) in [6.45, 7) is 10.3. The smallest absolute Gasteiger partial charge is 0.399 e. The minimum absolute atomic E-state index is 0.289. The standard InChI is InChI=1S/C14H19BN2O2S/c1-10-16-6-7-17(10)11-8-12(20-9-11)15-18-13(2,3)14(4,5)19-15/h6-9H,1-5H3. The zero-order valence-corrected chi connectivity index (χ0v) is 13.3. The van der Waals surface area contributed by atoms with E-state index in [1.165, 1.54) is 0 Å². The van der Waals surface area contributed by atoms with Gasteiger partial charge in [0.25, 0.3) is 0 Å². The van der Waals surface area contributed by atoms with Gasteiger partial charge in [-0.25, -0.2) is 4.98 Å². The van der Waals surface area contributed by atoms with E-state index in [-0.39, 0.29) is 18.3 Å². The van der Waals surface area contributed by atoms with Crippen molar-refractivity contribution in [3.05, 3.63) is 29.7 Å². The molecule has 0 spiro atoms. The molecule has 0 aromatic carbocycles. The molecule has 106 valence electrons. The molecule has 0 unspecified atom stereocenters. The summed E-state index contributed by atoms with van der Waals surface area (Å²) in [6.07, 6.45) is 3.77. The molecule has 6 heteroatoms. The first kappa shape index (κ1) is 13.9. The quantitative estimate of drug-likeness (QED) is 0.797. The first-order chi connectivity index (χ1) is 9.30. The van der Waals surface area contributed by atoms with Gasteiger partial charge in [0.15, 0.2) is 0 Å². The lowest BCUT2D eigenvalue weighted by Crippen LogP contribution is -2.41. The average molecular weight is 290 g/mol. The second kappa shape index (κ2) is 4.45. The largest absolute Gasteiger partial charge is 0.505 e. The summed E-state index contributed by atoms with van der Waals surface area (Å²) >= 11 is 1.66. The predicted octanol–water partition coefficient (Wildman–Crippen LogP) is 2.54. The van der Waals surface area contributed by atoms with Crippen molar-refractivity contribution >= 4 is 23.2 Å². The molecule has 0 radical (unpaired) electrons. The van der Waals surface area contributed by atoms with Gasteiger partial charge in [0.2, 0.25) is 0 Å². The summed E-state index contributed by atoms with van der Waals surface area (Å²) in [5.41, 5.74) is 0.508. The number of thiophene rings is 1. The second-order valence-electron chi connectivity index (χ2n) is 6.14. The molecule has 3 heterocycles. The highest BCUT2D eigenvalue weighted by Gasteiger charge is 2.52. The molecule has 0 amide bonds. The van der Waals surface area contributed by atoms with Gasteiger partial charge in [0.05, 0.1) is 16.9 Å². The topological polar surface area (TPSA) is 36.3 Å². The van der Waals surface area contributed by atoms with Gasteiger partial charge >= 0.3 is 7.12 Å². The normalized spacial score (nSPS) is 20.6. The van der Waals surface area contributed by atoms with Crippen molar-refractivity contribution in [1.29, 1.82) is 0 Å². The van der Waals surface area contributed by atoms with Crippen LogP contribution in [-0.2, 0) is 9.31 Å². The molecule has 20 heavy (non-hydrogen) atoms. The van der Waals surface area contributed by atoms with Crippen molar-refractivity contribution in [2.45, 2.75) is 45.8 Å². The molecule has 1 aliphatic heterocycles.